The SMILES string of the molecule is CC1(C)CC[C@@H](O)CN1C(=O)OCc1ccccc1. The molecule has 1 amide bonds. The zero-order valence-corrected chi connectivity index (χ0v) is 11.5. The van der Waals surface area contributed by atoms with Crippen molar-refractivity contribution in [1.29, 1.82) is 0 Å². The van der Waals surface area contributed by atoms with Crippen molar-refractivity contribution in [1.82, 2.24) is 4.90 Å². The number of carbonyl (C=O) groups is 1. The van der Waals surface area contributed by atoms with Gasteiger partial charge < -0.3 is 14.7 Å². The van der Waals surface area contributed by atoms with Gasteiger partial charge in [0.2, 0.25) is 0 Å². The number of aliphatic hydroxyl groups excluding tert-OH is 1. The molecular formula is C15H21NO3. The number of nitrogens with zero attached hydrogens (tertiary/aromatic N) is 1. The lowest BCUT2D eigenvalue weighted by Crippen LogP contribution is -2.54. The van der Waals surface area contributed by atoms with E-state index in [0.717, 1.165) is 18.4 Å². The normalized spacial score (nSPS) is 22.1. The molecule has 1 aliphatic heterocycles. The third kappa shape index (κ3) is 3.47. The molecule has 4 heteroatoms. The molecule has 1 aromatic carbocycles. The number of carbonyl (C=O) groups excluding carboxylic acids is 1. The van der Waals surface area contributed by atoms with Crippen molar-refractivity contribution in [2.24, 2.45) is 0 Å². The van der Waals surface area contributed by atoms with Crippen LogP contribution in [-0.2, 0) is 11.3 Å². The first kappa shape index (κ1) is 13.9. The second kappa shape index (κ2) is 5.61. The largest absolute Gasteiger partial charge is 0.445 e. The number of hydrogen-bond acceptors (Lipinski definition) is 3. The van der Waals surface area contributed by atoms with Gasteiger partial charge in [-0.15, -0.1) is 0 Å². The van der Waals surface area contributed by atoms with Gasteiger partial charge in [-0.1, -0.05) is 30.3 Å². The molecule has 1 atom stereocenters. The zero-order valence-electron chi connectivity index (χ0n) is 11.5. The summed E-state index contributed by atoms with van der Waals surface area (Å²) in [4.78, 5) is 13.8. The number of ether oxygens (including phenoxy) is 1. The first-order valence-electron chi connectivity index (χ1n) is 6.65. The first-order chi connectivity index (χ1) is 8.99. The second-order valence-corrected chi connectivity index (χ2v) is 5.66. The van der Waals surface area contributed by atoms with E-state index in [1.54, 1.807) is 4.90 Å². The van der Waals surface area contributed by atoms with E-state index >= 15 is 0 Å². The highest BCUT2D eigenvalue weighted by Gasteiger charge is 2.37. The van der Waals surface area contributed by atoms with E-state index in [0.29, 0.717) is 6.54 Å². The summed E-state index contributed by atoms with van der Waals surface area (Å²) >= 11 is 0. The summed E-state index contributed by atoms with van der Waals surface area (Å²) in [6.45, 7) is 4.62. The van der Waals surface area contributed by atoms with Crippen molar-refractivity contribution in [3.8, 4) is 0 Å². The van der Waals surface area contributed by atoms with Crippen LogP contribution in [0.5, 0.6) is 0 Å². The number of benzene rings is 1. The maximum Gasteiger partial charge on any atom is 0.410 e. The maximum absolute atomic E-state index is 12.1. The Bertz CT molecular complexity index is 430. The Labute approximate surface area is 114 Å². The van der Waals surface area contributed by atoms with Gasteiger partial charge in [-0.05, 0) is 32.3 Å². The second-order valence-electron chi connectivity index (χ2n) is 5.66. The molecule has 0 aliphatic carbocycles. The quantitative estimate of drug-likeness (QED) is 0.892. The molecule has 0 bridgehead atoms. The highest BCUT2D eigenvalue weighted by atomic mass is 16.6. The van der Waals surface area contributed by atoms with Crippen LogP contribution in [0.3, 0.4) is 0 Å². The number of piperidine rings is 1. The molecule has 0 unspecified atom stereocenters. The van der Waals surface area contributed by atoms with E-state index in [4.69, 9.17) is 4.74 Å². The van der Waals surface area contributed by atoms with Gasteiger partial charge in [0.05, 0.1) is 12.6 Å². The third-order valence-electron chi connectivity index (χ3n) is 3.64. The predicted molar refractivity (Wildman–Crippen MR) is 72.7 cm³/mol. The Morgan fingerprint density at radius 2 is 2.11 bits per heavy atom. The van der Waals surface area contributed by atoms with Crippen LogP contribution in [0, 0.1) is 0 Å². The summed E-state index contributed by atoms with van der Waals surface area (Å²) in [5, 5.41) is 9.70. The summed E-state index contributed by atoms with van der Waals surface area (Å²) < 4.78 is 5.33. The predicted octanol–water partition coefficient (Wildman–Crippen LogP) is 2.56. The van der Waals surface area contributed by atoms with Gasteiger partial charge in [0.25, 0.3) is 0 Å². The highest BCUT2D eigenvalue weighted by Crippen LogP contribution is 2.28. The highest BCUT2D eigenvalue weighted by molar-refractivity contribution is 5.69. The molecule has 1 N–H and O–H groups in total. The van der Waals surface area contributed by atoms with E-state index in [1.807, 2.05) is 44.2 Å². The minimum atomic E-state index is -0.447. The van der Waals surface area contributed by atoms with Crippen LogP contribution in [0.1, 0.15) is 32.3 Å². The molecule has 4 nitrogen and oxygen atoms in total. The summed E-state index contributed by atoms with van der Waals surface area (Å²) in [7, 11) is 0. The molecule has 0 saturated carbocycles. The van der Waals surface area contributed by atoms with E-state index in [1.165, 1.54) is 0 Å². The molecule has 1 aromatic rings. The summed E-state index contributed by atoms with van der Waals surface area (Å²) in [6.07, 6.45) is 0.717. The topological polar surface area (TPSA) is 49.8 Å². The van der Waals surface area contributed by atoms with Crippen LogP contribution < -0.4 is 0 Å². The van der Waals surface area contributed by atoms with Gasteiger partial charge in [-0.3, -0.25) is 0 Å². The Morgan fingerprint density at radius 1 is 1.42 bits per heavy atom. The number of hydrogen-bond donors (Lipinski definition) is 1. The van der Waals surface area contributed by atoms with Gasteiger partial charge in [0.1, 0.15) is 6.61 Å². The van der Waals surface area contributed by atoms with Crippen molar-refractivity contribution in [2.45, 2.75) is 44.9 Å². The van der Waals surface area contributed by atoms with Gasteiger partial charge >= 0.3 is 6.09 Å². The molecule has 19 heavy (non-hydrogen) atoms. The summed E-state index contributed by atoms with van der Waals surface area (Å²) in [5.74, 6) is 0. The lowest BCUT2D eigenvalue weighted by molar-refractivity contribution is -0.00888. The summed E-state index contributed by atoms with van der Waals surface area (Å²) in [6, 6.07) is 9.60. The minimum absolute atomic E-state index is 0.257. The van der Waals surface area contributed by atoms with Gasteiger partial charge in [0.15, 0.2) is 0 Å². The number of likely N-dealkylation sites (tertiary alicyclic amines) is 1. The van der Waals surface area contributed by atoms with Crippen molar-refractivity contribution in [3.05, 3.63) is 35.9 Å². The van der Waals surface area contributed by atoms with Gasteiger partial charge in [-0.25, -0.2) is 4.79 Å². The van der Waals surface area contributed by atoms with E-state index < -0.39 is 6.10 Å². The lowest BCUT2D eigenvalue weighted by Gasteiger charge is -2.43. The standard InChI is InChI=1S/C15H21NO3/c1-15(2)9-8-13(17)10-16(15)14(18)19-11-12-6-4-3-5-7-12/h3-7,13,17H,8-11H2,1-2H3/t13-/m1/s1. The monoisotopic (exact) mass is 263 g/mol. The number of β-amino-alcohol motifs (C(OH)–C–C–N with tert-alkyl or cyclic N) is 1. The van der Waals surface area contributed by atoms with Crippen LogP contribution in [0.2, 0.25) is 0 Å². The van der Waals surface area contributed by atoms with Crippen LogP contribution in [0.25, 0.3) is 0 Å². The Hall–Kier alpha value is -1.55. The van der Waals surface area contributed by atoms with Crippen LogP contribution in [0.4, 0.5) is 4.79 Å². The summed E-state index contributed by atoms with van der Waals surface area (Å²) in [5.41, 5.74) is 0.707. The molecule has 1 saturated heterocycles. The Morgan fingerprint density at radius 3 is 2.79 bits per heavy atom. The fourth-order valence-electron chi connectivity index (χ4n) is 2.32. The molecule has 1 heterocycles. The third-order valence-corrected chi connectivity index (χ3v) is 3.64. The van der Waals surface area contributed by atoms with Crippen molar-refractivity contribution in [2.75, 3.05) is 6.54 Å². The molecule has 1 fully saturated rings. The molecular weight excluding hydrogens is 242 g/mol. The van der Waals surface area contributed by atoms with Crippen LogP contribution in [0.15, 0.2) is 30.3 Å². The van der Waals surface area contributed by atoms with E-state index in [2.05, 4.69) is 0 Å². The lowest BCUT2D eigenvalue weighted by atomic mass is 9.90. The molecule has 2 rings (SSSR count). The first-order valence-corrected chi connectivity index (χ1v) is 6.65. The smallest absolute Gasteiger partial charge is 0.410 e. The van der Waals surface area contributed by atoms with Crippen molar-refractivity contribution < 1.29 is 14.6 Å². The van der Waals surface area contributed by atoms with Crippen LogP contribution in [-0.4, -0.2) is 34.3 Å². The molecule has 104 valence electrons. The zero-order chi connectivity index (χ0) is 13.9. The maximum atomic E-state index is 12.1. The van der Waals surface area contributed by atoms with E-state index in [9.17, 15) is 9.90 Å². The van der Waals surface area contributed by atoms with Crippen molar-refractivity contribution >= 4 is 6.09 Å². The fraction of sp³-hybridized carbons (Fsp3) is 0.533. The molecule has 1 aliphatic rings. The van der Waals surface area contributed by atoms with E-state index in [-0.39, 0.29) is 18.2 Å². The number of aliphatic hydroxyl groups is 1. The minimum Gasteiger partial charge on any atom is -0.445 e. The van der Waals surface area contributed by atoms with Crippen LogP contribution >= 0.6 is 0 Å². The molecule has 0 aromatic heterocycles. The fourth-order valence-corrected chi connectivity index (χ4v) is 2.32. The molecule has 0 spiro atoms. The Balaban J connectivity index is 1.95. The number of rotatable bonds is 2. The average Bonchev–Trinajstić information content (AvgIpc) is 2.40. The average molecular weight is 263 g/mol. The number of amides is 1. The van der Waals surface area contributed by atoms with Gasteiger partial charge in [0, 0.05) is 5.54 Å². The molecule has 0 radical (unpaired) electrons. The Kier molecular flexibility index (Phi) is 4.10. The van der Waals surface area contributed by atoms with Gasteiger partial charge in [-0.2, -0.15) is 0 Å². The van der Waals surface area contributed by atoms with Crippen molar-refractivity contribution in [3.63, 3.8) is 0 Å².